The fourth-order valence-electron chi connectivity index (χ4n) is 2.78. The summed E-state index contributed by atoms with van der Waals surface area (Å²) >= 11 is 0. The third-order valence-electron chi connectivity index (χ3n) is 4.24. The van der Waals surface area contributed by atoms with Crippen molar-refractivity contribution < 1.29 is 14.3 Å². The molecule has 0 fully saturated rings. The van der Waals surface area contributed by atoms with Gasteiger partial charge < -0.3 is 15.4 Å². The number of hydrogen-bond acceptors (Lipinski definition) is 3. The summed E-state index contributed by atoms with van der Waals surface area (Å²) < 4.78 is 5.80. The van der Waals surface area contributed by atoms with E-state index in [1.807, 2.05) is 42.5 Å². The van der Waals surface area contributed by atoms with Crippen LogP contribution < -0.4 is 15.4 Å². The molecule has 0 spiro atoms. The number of para-hydroxylation sites is 1. The molecule has 1 unspecified atom stereocenters. The van der Waals surface area contributed by atoms with E-state index in [9.17, 15) is 9.59 Å². The molecular formula is C23H22N2O3. The molecule has 0 aliphatic heterocycles. The molecule has 0 saturated carbocycles. The number of rotatable bonds is 7. The van der Waals surface area contributed by atoms with Crippen molar-refractivity contribution in [1.29, 1.82) is 0 Å². The summed E-state index contributed by atoms with van der Waals surface area (Å²) in [7, 11) is 0. The molecule has 0 aliphatic carbocycles. The molecule has 0 bridgehead atoms. The number of fused-ring (bicyclic) bond motifs is 1. The second kappa shape index (κ2) is 8.86. The van der Waals surface area contributed by atoms with Gasteiger partial charge >= 0.3 is 0 Å². The van der Waals surface area contributed by atoms with E-state index in [1.54, 1.807) is 37.3 Å². The normalized spacial score (nSPS) is 11.5. The van der Waals surface area contributed by atoms with Crippen LogP contribution in [-0.2, 0) is 4.79 Å². The summed E-state index contributed by atoms with van der Waals surface area (Å²) in [5.41, 5.74) is 0.818. The number of ether oxygens (including phenoxy) is 1. The fraction of sp³-hybridized carbons (Fsp3) is 0.130. The molecule has 0 heterocycles. The highest BCUT2D eigenvalue weighted by Crippen LogP contribution is 2.22. The van der Waals surface area contributed by atoms with Gasteiger partial charge in [-0.05, 0) is 42.0 Å². The molecule has 0 saturated heterocycles. The van der Waals surface area contributed by atoms with Gasteiger partial charge in [0, 0.05) is 6.54 Å². The number of anilines is 1. The molecule has 142 valence electrons. The first-order chi connectivity index (χ1) is 13.6. The fourth-order valence-corrected chi connectivity index (χ4v) is 2.78. The van der Waals surface area contributed by atoms with Crippen LogP contribution in [0.1, 0.15) is 17.3 Å². The third-order valence-corrected chi connectivity index (χ3v) is 4.24. The van der Waals surface area contributed by atoms with Crippen LogP contribution in [0.2, 0.25) is 0 Å². The molecular weight excluding hydrogens is 352 g/mol. The molecule has 3 aromatic rings. The quantitative estimate of drug-likeness (QED) is 0.610. The first kappa shape index (κ1) is 19.2. The second-order valence-corrected chi connectivity index (χ2v) is 6.30. The second-order valence-electron chi connectivity index (χ2n) is 6.30. The molecule has 0 radical (unpaired) electrons. The largest absolute Gasteiger partial charge is 0.481 e. The maximum absolute atomic E-state index is 12.6. The average Bonchev–Trinajstić information content (AvgIpc) is 2.72. The monoisotopic (exact) mass is 374 g/mol. The zero-order valence-electron chi connectivity index (χ0n) is 15.6. The lowest BCUT2D eigenvalue weighted by Gasteiger charge is -2.16. The smallest absolute Gasteiger partial charge is 0.265 e. The van der Waals surface area contributed by atoms with E-state index >= 15 is 0 Å². The van der Waals surface area contributed by atoms with E-state index in [-0.39, 0.29) is 11.8 Å². The van der Waals surface area contributed by atoms with Gasteiger partial charge in [0.2, 0.25) is 0 Å². The Balaban J connectivity index is 1.70. The van der Waals surface area contributed by atoms with Crippen molar-refractivity contribution in [3.63, 3.8) is 0 Å². The van der Waals surface area contributed by atoms with E-state index < -0.39 is 6.10 Å². The Bertz CT molecular complexity index is 1010. The predicted octanol–water partition coefficient (Wildman–Crippen LogP) is 4.16. The summed E-state index contributed by atoms with van der Waals surface area (Å²) in [5, 5.41) is 7.63. The van der Waals surface area contributed by atoms with Gasteiger partial charge in [-0.1, -0.05) is 48.5 Å². The first-order valence-corrected chi connectivity index (χ1v) is 9.03. The minimum absolute atomic E-state index is 0.279. The van der Waals surface area contributed by atoms with Gasteiger partial charge in [0.15, 0.2) is 6.10 Å². The molecule has 2 amide bonds. The van der Waals surface area contributed by atoms with Gasteiger partial charge in [0.05, 0.1) is 11.3 Å². The maximum atomic E-state index is 12.6. The Hall–Kier alpha value is -3.60. The van der Waals surface area contributed by atoms with Crippen molar-refractivity contribution in [1.82, 2.24) is 5.32 Å². The molecule has 5 heteroatoms. The van der Waals surface area contributed by atoms with Crippen LogP contribution in [-0.4, -0.2) is 24.5 Å². The molecule has 0 aromatic heterocycles. The van der Waals surface area contributed by atoms with Gasteiger partial charge in [-0.25, -0.2) is 0 Å². The van der Waals surface area contributed by atoms with E-state index in [0.717, 1.165) is 10.8 Å². The van der Waals surface area contributed by atoms with Crippen LogP contribution in [0.5, 0.6) is 5.75 Å². The van der Waals surface area contributed by atoms with Gasteiger partial charge in [0.25, 0.3) is 11.8 Å². The van der Waals surface area contributed by atoms with E-state index in [0.29, 0.717) is 23.5 Å². The van der Waals surface area contributed by atoms with Crippen molar-refractivity contribution in [2.75, 3.05) is 11.9 Å². The van der Waals surface area contributed by atoms with E-state index in [1.165, 1.54) is 0 Å². The Labute approximate surface area is 164 Å². The van der Waals surface area contributed by atoms with Crippen LogP contribution >= 0.6 is 0 Å². The van der Waals surface area contributed by atoms with Gasteiger partial charge in [-0.2, -0.15) is 0 Å². The number of carbonyl (C=O) groups excluding carboxylic acids is 2. The molecule has 1 atom stereocenters. The lowest BCUT2D eigenvalue weighted by molar-refractivity contribution is -0.122. The van der Waals surface area contributed by atoms with Crippen LogP contribution in [0.25, 0.3) is 10.8 Å². The molecule has 2 N–H and O–H groups in total. The highest BCUT2D eigenvalue weighted by atomic mass is 16.5. The Morgan fingerprint density at radius 1 is 1.04 bits per heavy atom. The highest BCUT2D eigenvalue weighted by molar-refractivity contribution is 6.04. The molecule has 5 nitrogen and oxygen atoms in total. The SMILES string of the molecule is C=CCNC(=O)c1ccccc1NC(=O)C(C)Oc1ccc2ccccc2c1. The van der Waals surface area contributed by atoms with Crippen molar-refractivity contribution in [2.24, 2.45) is 0 Å². The molecule has 28 heavy (non-hydrogen) atoms. The zero-order valence-corrected chi connectivity index (χ0v) is 15.6. The topological polar surface area (TPSA) is 67.4 Å². The van der Waals surface area contributed by atoms with Crippen molar-refractivity contribution in [3.8, 4) is 5.75 Å². The summed E-state index contributed by atoms with van der Waals surface area (Å²) in [6, 6.07) is 20.5. The van der Waals surface area contributed by atoms with Crippen LogP contribution in [0.3, 0.4) is 0 Å². The number of carbonyl (C=O) groups is 2. The van der Waals surface area contributed by atoms with Crippen LogP contribution in [0.15, 0.2) is 79.4 Å². The Morgan fingerprint density at radius 3 is 2.54 bits per heavy atom. The van der Waals surface area contributed by atoms with Gasteiger partial charge in [-0.3, -0.25) is 9.59 Å². The van der Waals surface area contributed by atoms with Crippen molar-refractivity contribution in [3.05, 3.63) is 84.9 Å². The average molecular weight is 374 g/mol. The van der Waals surface area contributed by atoms with E-state index in [2.05, 4.69) is 17.2 Å². The maximum Gasteiger partial charge on any atom is 0.265 e. The summed E-state index contributed by atoms with van der Waals surface area (Å²) in [5.74, 6) is -0.00519. The third kappa shape index (κ3) is 4.57. The van der Waals surface area contributed by atoms with Gasteiger partial charge in [-0.15, -0.1) is 6.58 Å². The minimum Gasteiger partial charge on any atom is -0.481 e. The predicted molar refractivity (Wildman–Crippen MR) is 112 cm³/mol. The highest BCUT2D eigenvalue weighted by Gasteiger charge is 2.18. The first-order valence-electron chi connectivity index (χ1n) is 9.03. The summed E-state index contributed by atoms with van der Waals surface area (Å²) in [6.07, 6.45) is 0.865. The number of hydrogen-bond donors (Lipinski definition) is 2. The number of benzene rings is 3. The van der Waals surface area contributed by atoms with Crippen molar-refractivity contribution in [2.45, 2.75) is 13.0 Å². The van der Waals surface area contributed by atoms with Gasteiger partial charge in [0.1, 0.15) is 5.75 Å². The minimum atomic E-state index is -0.731. The van der Waals surface area contributed by atoms with Crippen LogP contribution in [0, 0.1) is 0 Å². The zero-order chi connectivity index (χ0) is 19.9. The van der Waals surface area contributed by atoms with Crippen LogP contribution in [0.4, 0.5) is 5.69 Å². The standard InChI is InChI=1S/C23H22N2O3/c1-3-14-24-23(27)20-10-6-7-11-21(20)25-22(26)16(2)28-19-13-12-17-8-4-5-9-18(17)15-19/h3-13,15-16H,1,14H2,2H3,(H,24,27)(H,25,26). The molecule has 0 aliphatic rings. The lowest BCUT2D eigenvalue weighted by atomic mass is 10.1. The summed E-state index contributed by atoms with van der Waals surface area (Å²) in [6.45, 7) is 5.60. The summed E-state index contributed by atoms with van der Waals surface area (Å²) in [4.78, 5) is 24.8. The number of nitrogens with one attached hydrogen (secondary N) is 2. The number of amides is 2. The Kier molecular flexibility index (Phi) is 6.07. The molecule has 3 aromatic carbocycles. The van der Waals surface area contributed by atoms with Crippen molar-refractivity contribution >= 4 is 28.3 Å². The Morgan fingerprint density at radius 2 is 1.75 bits per heavy atom. The lowest BCUT2D eigenvalue weighted by Crippen LogP contribution is -2.31. The molecule has 3 rings (SSSR count). The van der Waals surface area contributed by atoms with E-state index in [4.69, 9.17) is 4.74 Å².